The number of hydrogen-bond donors (Lipinski definition) is 2. The molecule has 0 radical (unpaired) electrons. The third-order valence-electron chi connectivity index (χ3n) is 4.65. The number of hydrogen-bond acceptors (Lipinski definition) is 4. The number of halogens is 7. The van der Waals surface area contributed by atoms with Gasteiger partial charge in [0.15, 0.2) is 0 Å². The van der Waals surface area contributed by atoms with Gasteiger partial charge in [-0.1, -0.05) is 26.5 Å². The van der Waals surface area contributed by atoms with Crippen LogP contribution in [0, 0.1) is 11.9 Å². The molecule has 12 heteroatoms. The number of pyridine rings is 1. The number of alkyl halides is 6. The van der Waals surface area contributed by atoms with Crippen molar-refractivity contribution in [3.05, 3.63) is 83.7 Å². The standard InChI is InChI=1S/C22H21F7N4O/c1-4-33(11-16(20(30)34)17-6-5-7-18(23)31-17)32-19(12(2)3)13-8-14(21(24,25)26)10-15(9-13)22(27,28)29/h4-12,19,32H,1H2,2-3H3,(H2,30,34)/b16-11+. The summed E-state index contributed by atoms with van der Waals surface area (Å²) in [5.74, 6) is -2.43. The molecule has 184 valence electrons. The summed E-state index contributed by atoms with van der Waals surface area (Å²) in [5, 5.41) is 1.03. The topological polar surface area (TPSA) is 71.2 Å². The molecule has 1 amide bonds. The molecule has 0 aliphatic rings. The number of benzene rings is 1. The molecule has 1 aromatic heterocycles. The van der Waals surface area contributed by atoms with E-state index < -0.39 is 47.3 Å². The summed E-state index contributed by atoms with van der Waals surface area (Å²) in [5.41, 5.74) is 4.42. The van der Waals surface area contributed by atoms with E-state index in [0.717, 1.165) is 23.5 Å². The SMILES string of the molecule is C=CN(/C=C(/C(N)=O)c1cccc(F)n1)NC(c1cc(C(F)(F)F)cc(C(F)(F)F)c1)C(C)C. The van der Waals surface area contributed by atoms with Gasteiger partial charge in [0.1, 0.15) is 0 Å². The zero-order chi connectivity index (χ0) is 25.8. The van der Waals surface area contributed by atoms with Crippen LogP contribution in [0.3, 0.4) is 0 Å². The number of nitrogens with zero attached hydrogens (tertiary/aromatic N) is 2. The summed E-state index contributed by atoms with van der Waals surface area (Å²) in [6, 6.07) is 3.77. The molecule has 2 aromatic rings. The number of primary amides is 1. The van der Waals surface area contributed by atoms with Crippen molar-refractivity contribution in [3.63, 3.8) is 0 Å². The van der Waals surface area contributed by atoms with Crippen LogP contribution in [0.1, 0.15) is 42.3 Å². The Kier molecular flexibility index (Phi) is 8.09. The first-order valence-corrected chi connectivity index (χ1v) is 9.74. The smallest absolute Gasteiger partial charge is 0.365 e. The largest absolute Gasteiger partial charge is 0.416 e. The minimum absolute atomic E-state index is 0.0346. The number of aromatic nitrogens is 1. The van der Waals surface area contributed by atoms with E-state index in [1.807, 2.05) is 0 Å². The fraction of sp³-hybridized carbons (Fsp3) is 0.273. The van der Waals surface area contributed by atoms with E-state index in [4.69, 9.17) is 5.73 Å². The van der Waals surface area contributed by atoms with Crippen LogP contribution < -0.4 is 11.2 Å². The quantitative estimate of drug-likeness (QED) is 0.224. The van der Waals surface area contributed by atoms with Crippen molar-refractivity contribution in [2.45, 2.75) is 32.2 Å². The van der Waals surface area contributed by atoms with Crippen LogP contribution in [0.5, 0.6) is 0 Å². The molecule has 0 aliphatic carbocycles. The van der Waals surface area contributed by atoms with E-state index in [0.29, 0.717) is 12.1 Å². The summed E-state index contributed by atoms with van der Waals surface area (Å²) in [6.07, 6.45) is -7.86. The predicted molar refractivity (Wildman–Crippen MR) is 111 cm³/mol. The van der Waals surface area contributed by atoms with Gasteiger partial charge in [-0.3, -0.25) is 9.80 Å². The lowest BCUT2D eigenvalue weighted by molar-refractivity contribution is -0.143. The van der Waals surface area contributed by atoms with E-state index in [-0.39, 0.29) is 22.9 Å². The molecule has 2 rings (SSSR count). The molecule has 0 saturated heterocycles. The fourth-order valence-corrected chi connectivity index (χ4v) is 3.02. The van der Waals surface area contributed by atoms with Gasteiger partial charge < -0.3 is 5.73 Å². The summed E-state index contributed by atoms with van der Waals surface area (Å²) >= 11 is 0. The maximum Gasteiger partial charge on any atom is 0.416 e. The molecule has 0 saturated carbocycles. The highest BCUT2D eigenvalue weighted by Crippen LogP contribution is 2.38. The predicted octanol–water partition coefficient (Wildman–Crippen LogP) is 5.43. The van der Waals surface area contributed by atoms with Gasteiger partial charge in [-0.05, 0) is 41.8 Å². The van der Waals surface area contributed by atoms with Crippen LogP contribution in [-0.4, -0.2) is 15.9 Å². The zero-order valence-corrected chi connectivity index (χ0v) is 18.0. The first kappa shape index (κ1) is 26.8. The van der Waals surface area contributed by atoms with Crippen molar-refractivity contribution >= 4 is 11.5 Å². The first-order chi connectivity index (χ1) is 15.6. The van der Waals surface area contributed by atoms with Gasteiger partial charge in [0, 0.05) is 12.4 Å². The van der Waals surface area contributed by atoms with E-state index in [1.165, 1.54) is 12.1 Å². The molecule has 1 atom stereocenters. The van der Waals surface area contributed by atoms with Gasteiger partial charge in [0.25, 0.3) is 5.91 Å². The van der Waals surface area contributed by atoms with Gasteiger partial charge in [0.05, 0.1) is 28.4 Å². The van der Waals surface area contributed by atoms with Gasteiger partial charge in [0.2, 0.25) is 5.95 Å². The average Bonchev–Trinajstić information content (AvgIpc) is 2.71. The van der Waals surface area contributed by atoms with Gasteiger partial charge in [-0.2, -0.15) is 30.7 Å². The number of carbonyl (C=O) groups excluding carboxylic acids is 1. The van der Waals surface area contributed by atoms with Crippen molar-refractivity contribution in [2.24, 2.45) is 11.7 Å². The highest BCUT2D eigenvalue weighted by molar-refractivity contribution is 6.17. The number of nitrogens with one attached hydrogen (secondary N) is 1. The first-order valence-electron chi connectivity index (χ1n) is 9.74. The Labute approximate surface area is 190 Å². The van der Waals surface area contributed by atoms with Crippen molar-refractivity contribution in [3.8, 4) is 0 Å². The van der Waals surface area contributed by atoms with Gasteiger partial charge in [-0.15, -0.1) is 0 Å². The molecule has 1 heterocycles. The van der Waals surface area contributed by atoms with Gasteiger partial charge in [-0.25, -0.2) is 10.4 Å². The van der Waals surface area contributed by atoms with Gasteiger partial charge >= 0.3 is 12.4 Å². The second-order valence-corrected chi connectivity index (χ2v) is 7.53. The Morgan fingerprint density at radius 3 is 2.06 bits per heavy atom. The Bertz CT molecular complexity index is 1050. The van der Waals surface area contributed by atoms with Crippen LogP contribution in [-0.2, 0) is 17.1 Å². The molecule has 5 nitrogen and oxygen atoms in total. The lowest BCUT2D eigenvalue weighted by Gasteiger charge is -2.30. The van der Waals surface area contributed by atoms with Crippen molar-refractivity contribution in [2.75, 3.05) is 0 Å². The number of rotatable bonds is 8. The summed E-state index contributed by atoms with van der Waals surface area (Å²) < 4.78 is 93.3. The van der Waals surface area contributed by atoms with E-state index in [2.05, 4.69) is 17.0 Å². The number of amides is 1. The highest BCUT2D eigenvalue weighted by Gasteiger charge is 2.38. The molecule has 3 N–H and O–H groups in total. The van der Waals surface area contributed by atoms with Crippen LogP contribution >= 0.6 is 0 Å². The second-order valence-electron chi connectivity index (χ2n) is 7.53. The van der Waals surface area contributed by atoms with Crippen LogP contribution in [0.2, 0.25) is 0 Å². The lowest BCUT2D eigenvalue weighted by Crippen LogP contribution is -2.36. The minimum atomic E-state index is -5.02. The minimum Gasteiger partial charge on any atom is -0.365 e. The number of nitrogens with two attached hydrogens (primary N) is 1. The Morgan fingerprint density at radius 1 is 1.09 bits per heavy atom. The van der Waals surface area contributed by atoms with Crippen molar-refractivity contribution < 1.29 is 35.5 Å². The second kappa shape index (κ2) is 10.2. The van der Waals surface area contributed by atoms with Crippen LogP contribution in [0.25, 0.3) is 5.57 Å². The molecule has 0 bridgehead atoms. The summed E-state index contributed by atoms with van der Waals surface area (Å²) in [7, 11) is 0. The average molecular weight is 490 g/mol. The highest BCUT2D eigenvalue weighted by atomic mass is 19.4. The zero-order valence-electron chi connectivity index (χ0n) is 18.0. The third-order valence-corrected chi connectivity index (χ3v) is 4.65. The fourth-order valence-electron chi connectivity index (χ4n) is 3.02. The maximum absolute atomic E-state index is 13.5. The summed E-state index contributed by atoms with van der Waals surface area (Å²) in [4.78, 5) is 15.5. The molecule has 0 spiro atoms. The number of carbonyl (C=O) groups is 1. The maximum atomic E-state index is 13.5. The molecule has 1 unspecified atom stereocenters. The molecule has 34 heavy (non-hydrogen) atoms. The molecule has 0 fully saturated rings. The normalized spacial score (nSPS) is 13.6. The monoisotopic (exact) mass is 490 g/mol. The number of hydrazine groups is 1. The molecular formula is C22H21F7N4O. The van der Waals surface area contributed by atoms with E-state index >= 15 is 0 Å². The van der Waals surface area contributed by atoms with E-state index in [1.54, 1.807) is 13.8 Å². The van der Waals surface area contributed by atoms with Crippen molar-refractivity contribution in [1.82, 2.24) is 15.4 Å². The Morgan fingerprint density at radius 2 is 1.65 bits per heavy atom. The summed E-state index contributed by atoms with van der Waals surface area (Å²) in [6.45, 7) is 6.65. The Hall–Kier alpha value is -3.41. The van der Waals surface area contributed by atoms with Crippen molar-refractivity contribution in [1.29, 1.82) is 0 Å². The van der Waals surface area contributed by atoms with E-state index in [9.17, 15) is 35.5 Å². The molecule has 1 aromatic carbocycles. The molecule has 0 aliphatic heterocycles. The third kappa shape index (κ3) is 6.80. The lowest BCUT2D eigenvalue weighted by atomic mass is 9.93. The van der Waals surface area contributed by atoms with Crippen LogP contribution in [0.15, 0.2) is 55.4 Å². The Balaban J connectivity index is 2.55. The molecular weight excluding hydrogens is 469 g/mol. The van der Waals surface area contributed by atoms with Crippen LogP contribution in [0.4, 0.5) is 30.7 Å².